The van der Waals surface area contributed by atoms with Gasteiger partial charge in [-0.15, -0.1) is 0 Å². The molecular weight excluding hydrogens is 190 g/mol. The van der Waals surface area contributed by atoms with Crippen molar-refractivity contribution in [3.63, 3.8) is 0 Å². The van der Waals surface area contributed by atoms with Crippen LogP contribution in [0.5, 0.6) is 0 Å². The number of aliphatic hydroxyl groups excluding tert-OH is 1. The van der Waals surface area contributed by atoms with Crippen molar-refractivity contribution in [1.29, 1.82) is 0 Å². The lowest BCUT2D eigenvalue weighted by Crippen LogP contribution is -2.38. The van der Waals surface area contributed by atoms with Crippen LogP contribution in [0, 0.1) is 0 Å². The SMILES string of the molecule is CCC(C)N(CCCO)S(C)(=O)=O. The third-order valence-corrected chi connectivity index (χ3v) is 3.44. The summed E-state index contributed by atoms with van der Waals surface area (Å²) in [5, 5.41) is 8.61. The Morgan fingerprint density at radius 1 is 1.46 bits per heavy atom. The van der Waals surface area contributed by atoms with Gasteiger partial charge in [0.15, 0.2) is 0 Å². The van der Waals surface area contributed by atoms with Gasteiger partial charge in [0.2, 0.25) is 10.0 Å². The van der Waals surface area contributed by atoms with Crippen LogP contribution in [0.15, 0.2) is 0 Å². The highest BCUT2D eigenvalue weighted by atomic mass is 32.2. The molecule has 1 atom stereocenters. The summed E-state index contributed by atoms with van der Waals surface area (Å²) in [4.78, 5) is 0. The lowest BCUT2D eigenvalue weighted by Gasteiger charge is -2.25. The lowest BCUT2D eigenvalue weighted by atomic mass is 10.2. The predicted octanol–water partition coefficient (Wildman–Crippen LogP) is 0.429. The number of rotatable bonds is 6. The van der Waals surface area contributed by atoms with E-state index in [1.807, 2.05) is 13.8 Å². The molecule has 0 fully saturated rings. The molecule has 0 bridgehead atoms. The second kappa shape index (κ2) is 5.57. The second-order valence-electron chi connectivity index (χ2n) is 3.21. The molecule has 1 unspecified atom stereocenters. The Hall–Kier alpha value is -0.130. The Morgan fingerprint density at radius 3 is 2.31 bits per heavy atom. The maximum atomic E-state index is 11.3. The van der Waals surface area contributed by atoms with Gasteiger partial charge in [0.05, 0.1) is 6.26 Å². The summed E-state index contributed by atoms with van der Waals surface area (Å²) in [5.41, 5.74) is 0. The molecule has 0 saturated carbocycles. The molecule has 0 aromatic carbocycles. The minimum atomic E-state index is -3.13. The monoisotopic (exact) mass is 209 g/mol. The van der Waals surface area contributed by atoms with E-state index in [4.69, 9.17) is 5.11 Å². The van der Waals surface area contributed by atoms with Crippen LogP contribution in [0.2, 0.25) is 0 Å². The molecule has 0 amide bonds. The van der Waals surface area contributed by atoms with Crippen LogP contribution >= 0.6 is 0 Å². The first-order valence-electron chi connectivity index (χ1n) is 4.51. The largest absolute Gasteiger partial charge is 0.396 e. The van der Waals surface area contributed by atoms with Gasteiger partial charge in [-0.3, -0.25) is 0 Å². The highest BCUT2D eigenvalue weighted by molar-refractivity contribution is 7.88. The van der Waals surface area contributed by atoms with Crippen LogP contribution in [-0.4, -0.2) is 43.3 Å². The second-order valence-corrected chi connectivity index (χ2v) is 5.14. The van der Waals surface area contributed by atoms with E-state index in [2.05, 4.69) is 0 Å². The highest BCUT2D eigenvalue weighted by Crippen LogP contribution is 2.08. The highest BCUT2D eigenvalue weighted by Gasteiger charge is 2.20. The summed E-state index contributed by atoms with van der Waals surface area (Å²) in [6.45, 7) is 4.26. The smallest absolute Gasteiger partial charge is 0.211 e. The van der Waals surface area contributed by atoms with Gasteiger partial charge in [-0.05, 0) is 19.8 Å². The van der Waals surface area contributed by atoms with Crippen molar-refractivity contribution in [2.75, 3.05) is 19.4 Å². The molecular formula is C8H19NO3S. The van der Waals surface area contributed by atoms with Crippen molar-refractivity contribution in [3.8, 4) is 0 Å². The summed E-state index contributed by atoms with van der Waals surface area (Å²) < 4.78 is 24.0. The Bertz CT molecular complexity index is 226. The molecule has 0 aliphatic heterocycles. The maximum absolute atomic E-state index is 11.3. The third kappa shape index (κ3) is 4.59. The van der Waals surface area contributed by atoms with Crippen molar-refractivity contribution in [2.45, 2.75) is 32.7 Å². The van der Waals surface area contributed by atoms with E-state index < -0.39 is 10.0 Å². The van der Waals surface area contributed by atoms with Crippen LogP contribution in [-0.2, 0) is 10.0 Å². The molecule has 0 aliphatic rings. The molecule has 0 saturated heterocycles. The lowest BCUT2D eigenvalue weighted by molar-refractivity contribution is 0.253. The van der Waals surface area contributed by atoms with E-state index in [-0.39, 0.29) is 12.6 Å². The molecule has 1 N–H and O–H groups in total. The molecule has 0 rings (SSSR count). The van der Waals surface area contributed by atoms with Crippen LogP contribution in [0.1, 0.15) is 26.7 Å². The third-order valence-electron chi connectivity index (χ3n) is 2.05. The van der Waals surface area contributed by atoms with Crippen molar-refractivity contribution in [3.05, 3.63) is 0 Å². The van der Waals surface area contributed by atoms with Crippen LogP contribution in [0.4, 0.5) is 0 Å². The fraction of sp³-hybridized carbons (Fsp3) is 1.00. The predicted molar refractivity (Wildman–Crippen MR) is 53.0 cm³/mol. The van der Waals surface area contributed by atoms with E-state index in [1.54, 1.807) is 0 Å². The maximum Gasteiger partial charge on any atom is 0.211 e. The van der Waals surface area contributed by atoms with Crippen molar-refractivity contribution >= 4 is 10.0 Å². The zero-order valence-corrected chi connectivity index (χ0v) is 9.34. The van der Waals surface area contributed by atoms with E-state index in [9.17, 15) is 8.42 Å². The normalized spacial score (nSPS) is 14.8. The Morgan fingerprint density at radius 2 is 2.00 bits per heavy atom. The summed E-state index contributed by atoms with van der Waals surface area (Å²) in [6, 6.07) is 0.0153. The number of hydrogen-bond donors (Lipinski definition) is 1. The summed E-state index contributed by atoms with van der Waals surface area (Å²) in [7, 11) is -3.13. The molecule has 0 aromatic rings. The van der Waals surface area contributed by atoms with Gasteiger partial charge < -0.3 is 5.11 Å². The van der Waals surface area contributed by atoms with Crippen molar-refractivity contribution in [1.82, 2.24) is 4.31 Å². The van der Waals surface area contributed by atoms with Gasteiger partial charge in [-0.25, -0.2) is 8.42 Å². The topological polar surface area (TPSA) is 57.6 Å². The minimum absolute atomic E-state index is 0.0153. The van der Waals surface area contributed by atoms with Gasteiger partial charge in [0, 0.05) is 19.2 Å². The Kier molecular flexibility index (Phi) is 5.51. The van der Waals surface area contributed by atoms with E-state index in [0.717, 1.165) is 6.42 Å². The summed E-state index contributed by atoms with van der Waals surface area (Å²) in [5.74, 6) is 0. The fourth-order valence-electron chi connectivity index (χ4n) is 1.14. The summed E-state index contributed by atoms with van der Waals surface area (Å²) in [6.07, 6.45) is 2.49. The van der Waals surface area contributed by atoms with Gasteiger partial charge in [-0.1, -0.05) is 6.92 Å². The number of nitrogens with zero attached hydrogens (tertiary/aromatic N) is 1. The molecule has 0 aliphatic carbocycles. The average molecular weight is 209 g/mol. The molecule has 13 heavy (non-hydrogen) atoms. The Labute approximate surface area is 80.6 Å². The van der Waals surface area contributed by atoms with Crippen LogP contribution in [0.25, 0.3) is 0 Å². The van der Waals surface area contributed by atoms with Gasteiger partial charge in [0.25, 0.3) is 0 Å². The first-order chi connectivity index (χ1) is 5.93. The van der Waals surface area contributed by atoms with Crippen LogP contribution in [0.3, 0.4) is 0 Å². The van der Waals surface area contributed by atoms with E-state index >= 15 is 0 Å². The number of aliphatic hydroxyl groups is 1. The molecule has 0 heterocycles. The van der Waals surface area contributed by atoms with Gasteiger partial charge >= 0.3 is 0 Å². The number of sulfonamides is 1. The molecule has 0 spiro atoms. The molecule has 0 aromatic heterocycles. The quantitative estimate of drug-likeness (QED) is 0.690. The van der Waals surface area contributed by atoms with Gasteiger partial charge in [-0.2, -0.15) is 4.31 Å². The zero-order chi connectivity index (χ0) is 10.5. The zero-order valence-electron chi connectivity index (χ0n) is 8.52. The average Bonchev–Trinajstić information content (AvgIpc) is 2.02. The summed E-state index contributed by atoms with van der Waals surface area (Å²) >= 11 is 0. The van der Waals surface area contributed by atoms with E-state index in [1.165, 1.54) is 10.6 Å². The molecule has 0 radical (unpaired) electrons. The molecule has 4 nitrogen and oxygen atoms in total. The fourth-order valence-corrected chi connectivity index (χ4v) is 2.41. The first-order valence-corrected chi connectivity index (χ1v) is 6.36. The number of hydrogen-bond acceptors (Lipinski definition) is 3. The van der Waals surface area contributed by atoms with E-state index in [0.29, 0.717) is 13.0 Å². The van der Waals surface area contributed by atoms with Crippen molar-refractivity contribution < 1.29 is 13.5 Å². The minimum Gasteiger partial charge on any atom is -0.396 e. The Balaban J connectivity index is 4.38. The first kappa shape index (κ1) is 12.9. The van der Waals surface area contributed by atoms with Gasteiger partial charge in [0.1, 0.15) is 0 Å². The molecule has 80 valence electrons. The van der Waals surface area contributed by atoms with Crippen LogP contribution < -0.4 is 0 Å². The molecule has 5 heteroatoms. The standard InChI is InChI=1S/C8H19NO3S/c1-4-8(2)9(6-5-7-10)13(3,11)12/h8,10H,4-7H2,1-3H3. The van der Waals surface area contributed by atoms with Crippen molar-refractivity contribution in [2.24, 2.45) is 0 Å².